The van der Waals surface area contributed by atoms with E-state index in [0.29, 0.717) is 18.8 Å². The summed E-state index contributed by atoms with van der Waals surface area (Å²) >= 11 is 0. The second-order valence-corrected chi connectivity index (χ2v) is 6.95. The standard InChI is InChI=1S/C17H27N3O4/c1-12-10-15(21)20(16(22)18-12)9-8-19-7-6-17(24-3)5-4-13(23-2)11-14(17)19/h10,13-14H,4-9,11H2,1-3H3,(H,18,22)/t13-,14-,17+/m0/s1. The second kappa shape index (κ2) is 6.82. The summed E-state index contributed by atoms with van der Waals surface area (Å²) in [4.78, 5) is 29.1. The molecule has 0 radical (unpaired) electrons. The number of nitrogens with one attached hydrogen (secondary N) is 1. The summed E-state index contributed by atoms with van der Waals surface area (Å²) < 4.78 is 12.7. The molecule has 1 aromatic rings. The molecule has 1 saturated heterocycles. The van der Waals surface area contributed by atoms with Gasteiger partial charge in [0.05, 0.1) is 11.7 Å². The maximum Gasteiger partial charge on any atom is 0.328 e. The highest BCUT2D eigenvalue weighted by molar-refractivity contribution is 5.05. The summed E-state index contributed by atoms with van der Waals surface area (Å²) in [7, 11) is 3.55. The van der Waals surface area contributed by atoms with Gasteiger partial charge in [0, 0.05) is 51.7 Å². The molecule has 24 heavy (non-hydrogen) atoms. The number of aromatic amines is 1. The first kappa shape index (κ1) is 17.4. The first-order valence-corrected chi connectivity index (χ1v) is 8.62. The normalized spacial score (nSPS) is 30.5. The van der Waals surface area contributed by atoms with Crippen molar-refractivity contribution in [2.24, 2.45) is 0 Å². The van der Waals surface area contributed by atoms with Crippen LogP contribution in [0.4, 0.5) is 0 Å². The number of aryl methyl sites for hydroxylation is 1. The van der Waals surface area contributed by atoms with Crippen LogP contribution in [0.1, 0.15) is 31.4 Å². The van der Waals surface area contributed by atoms with Gasteiger partial charge in [-0.2, -0.15) is 0 Å². The molecule has 2 aliphatic rings. The van der Waals surface area contributed by atoms with Crippen LogP contribution in [0.2, 0.25) is 0 Å². The van der Waals surface area contributed by atoms with Gasteiger partial charge < -0.3 is 14.5 Å². The third-order valence-electron chi connectivity index (χ3n) is 5.75. The van der Waals surface area contributed by atoms with E-state index in [1.54, 1.807) is 21.1 Å². The lowest BCUT2D eigenvalue weighted by Gasteiger charge is -2.43. The molecule has 0 spiro atoms. The molecular formula is C17H27N3O4. The Morgan fingerprint density at radius 1 is 1.29 bits per heavy atom. The predicted molar refractivity (Wildman–Crippen MR) is 90.4 cm³/mol. The SMILES string of the molecule is CO[C@H]1CC[C@@]2(OC)CCN(CCn3c(=O)cc(C)[nH]c3=O)[C@H]2C1. The molecule has 3 rings (SSSR count). The minimum absolute atomic E-state index is 0.111. The fraction of sp³-hybridized carbons (Fsp3) is 0.765. The van der Waals surface area contributed by atoms with Crippen molar-refractivity contribution in [1.82, 2.24) is 14.5 Å². The fourth-order valence-electron chi connectivity index (χ4n) is 4.31. The largest absolute Gasteiger partial charge is 0.381 e. The number of ether oxygens (including phenoxy) is 2. The smallest absolute Gasteiger partial charge is 0.328 e. The number of methoxy groups -OCH3 is 2. The van der Waals surface area contributed by atoms with E-state index in [2.05, 4.69) is 9.88 Å². The molecule has 1 aliphatic heterocycles. The predicted octanol–water partition coefficient (Wildman–Crippen LogP) is 0.503. The molecule has 0 unspecified atom stereocenters. The van der Waals surface area contributed by atoms with E-state index in [1.807, 2.05) is 0 Å². The summed E-state index contributed by atoms with van der Waals surface area (Å²) in [5.74, 6) is 0. The van der Waals surface area contributed by atoms with Crippen molar-refractivity contribution < 1.29 is 9.47 Å². The summed E-state index contributed by atoms with van der Waals surface area (Å²) in [5, 5.41) is 0. The lowest BCUT2D eigenvalue weighted by molar-refractivity contribution is -0.0939. The Labute approximate surface area is 141 Å². The van der Waals surface area contributed by atoms with Gasteiger partial charge in [-0.1, -0.05) is 0 Å². The van der Waals surface area contributed by atoms with Gasteiger partial charge in [-0.3, -0.25) is 14.3 Å². The van der Waals surface area contributed by atoms with E-state index < -0.39 is 0 Å². The van der Waals surface area contributed by atoms with Gasteiger partial charge in [-0.05, 0) is 32.6 Å². The number of aromatic nitrogens is 2. The number of nitrogens with zero attached hydrogens (tertiary/aromatic N) is 2. The highest BCUT2D eigenvalue weighted by Gasteiger charge is 2.50. The van der Waals surface area contributed by atoms with Crippen LogP contribution in [-0.4, -0.2) is 59.5 Å². The fourth-order valence-corrected chi connectivity index (χ4v) is 4.31. The monoisotopic (exact) mass is 337 g/mol. The first-order chi connectivity index (χ1) is 11.5. The van der Waals surface area contributed by atoms with E-state index in [1.165, 1.54) is 10.6 Å². The van der Waals surface area contributed by atoms with Crippen molar-refractivity contribution in [2.75, 3.05) is 27.3 Å². The Morgan fingerprint density at radius 3 is 2.75 bits per heavy atom. The zero-order valence-corrected chi connectivity index (χ0v) is 14.7. The van der Waals surface area contributed by atoms with E-state index >= 15 is 0 Å². The van der Waals surface area contributed by atoms with Gasteiger partial charge in [0.1, 0.15) is 0 Å². The molecule has 1 aromatic heterocycles. The van der Waals surface area contributed by atoms with Crippen LogP contribution in [-0.2, 0) is 16.0 Å². The third-order valence-corrected chi connectivity index (χ3v) is 5.75. The third kappa shape index (κ3) is 3.08. The Hall–Kier alpha value is -1.44. The summed E-state index contributed by atoms with van der Waals surface area (Å²) in [6, 6.07) is 1.74. The Morgan fingerprint density at radius 2 is 2.08 bits per heavy atom. The second-order valence-electron chi connectivity index (χ2n) is 6.95. The molecule has 2 fully saturated rings. The number of hydrogen-bond donors (Lipinski definition) is 1. The minimum atomic E-state index is -0.337. The lowest BCUT2D eigenvalue weighted by Crippen LogP contribution is -2.52. The topological polar surface area (TPSA) is 76.6 Å². The van der Waals surface area contributed by atoms with Crippen molar-refractivity contribution >= 4 is 0 Å². The molecule has 7 nitrogen and oxygen atoms in total. The van der Waals surface area contributed by atoms with Crippen LogP contribution in [0.3, 0.4) is 0 Å². The molecule has 0 aromatic carbocycles. The molecule has 7 heteroatoms. The molecular weight excluding hydrogens is 310 g/mol. The number of rotatable bonds is 5. The van der Waals surface area contributed by atoms with Crippen LogP contribution in [0.25, 0.3) is 0 Å². The molecule has 1 saturated carbocycles. The number of H-pyrrole nitrogens is 1. The van der Waals surface area contributed by atoms with Gasteiger partial charge >= 0.3 is 5.69 Å². The van der Waals surface area contributed by atoms with Crippen LogP contribution >= 0.6 is 0 Å². The Kier molecular flexibility index (Phi) is 4.94. The Balaban J connectivity index is 1.74. The highest BCUT2D eigenvalue weighted by atomic mass is 16.5. The minimum Gasteiger partial charge on any atom is -0.381 e. The average molecular weight is 337 g/mol. The van der Waals surface area contributed by atoms with Gasteiger partial charge in [-0.25, -0.2) is 4.79 Å². The van der Waals surface area contributed by atoms with Crippen LogP contribution in [0.15, 0.2) is 15.7 Å². The van der Waals surface area contributed by atoms with Gasteiger partial charge in [0.15, 0.2) is 0 Å². The number of likely N-dealkylation sites (tertiary alicyclic amines) is 1. The molecule has 2 heterocycles. The van der Waals surface area contributed by atoms with Crippen molar-refractivity contribution in [1.29, 1.82) is 0 Å². The highest BCUT2D eigenvalue weighted by Crippen LogP contribution is 2.42. The van der Waals surface area contributed by atoms with E-state index in [0.717, 1.165) is 32.2 Å². The first-order valence-electron chi connectivity index (χ1n) is 8.62. The van der Waals surface area contributed by atoms with E-state index in [-0.39, 0.29) is 29.0 Å². The maximum atomic E-state index is 12.0. The van der Waals surface area contributed by atoms with Crippen LogP contribution < -0.4 is 11.2 Å². The maximum absolute atomic E-state index is 12.0. The van der Waals surface area contributed by atoms with Crippen molar-refractivity contribution in [2.45, 2.75) is 56.9 Å². The van der Waals surface area contributed by atoms with Gasteiger partial charge in [0.25, 0.3) is 5.56 Å². The van der Waals surface area contributed by atoms with Crippen LogP contribution in [0, 0.1) is 6.92 Å². The molecule has 134 valence electrons. The summed E-state index contributed by atoms with van der Waals surface area (Å²) in [6.07, 6.45) is 4.19. The van der Waals surface area contributed by atoms with Crippen molar-refractivity contribution in [3.05, 3.63) is 32.6 Å². The zero-order valence-electron chi connectivity index (χ0n) is 14.7. The molecule has 3 atom stereocenters. The molecule has 0 amide bonds. The summed E-state index contributed by atoms with van der Waals surface area (Å²) in [6.45, 7) is 3.70. The quantitative estimate of drug-likeness (QED) is 0.847. The van der Waals surface area contributed by atoms with E-state index in [4.69, 9.17) is 9.47 Å². The average Bonchev–Trinajstić information content (AvgIpc) is 2.92. The van der Waals surface area contributed by atoms with Gasteiger partial charge in [-0.15, -0.1) is 0 Å². The van der Waals surface area contributed by atoms with Gasteiger partial charge in [0.2, 0.25) is 0 Å². The van der Waals surface area contributed by atoms with Crippen LogP contribution in [0.5, 0.6) is 0 Å². The Bertz CT molecular complexity index is 667. The molecule has 1 aliphatic carbocycles. The molecule has 0 bridgehead atoms. The number of fused-ring (bicyclic) bond motifs is 1. The van der Waals surface area contributed by atoms with Crippen molar-refractivity contribution in [3.8, 4) is 0 Å². The van der Waals surface area contributed by atoms with E-state index in [9.17, 15) is 9.59 Å². The molecule has 1 N–H and O–H groups in total. The zero-order chi connectivity index (χ0) is 17.3. The summed E-state index contributed by atoms with van der Waals surface area (Å²) in [5.41, 5.74) is -0.0989. The number of hydrogen-bond acceptors (Lipinski definition) is 5. The lowest BCUT2D eigenvalue weighted by atomic mass is 9.79. The van der Waals surface area contributed by atoms with Crippen molar-refractivity contribution in [3.63, 3.8) is 0 Å².